The number of pyridine rings is 1. The average molecular weight is 438 g/mol. The number of amides is 3. The molecule has 29 heavy (non-hydrogen) atoms. The standard InChI is InChI=1S/C20H24ClN5O2.ClH/c1-12(2)25-11-16-17(8-9-18(23-16)24-19(27)13(3)22-4)26(20(25)28)15-7-5-6-14(21)10-15;/h5-10,12-13,22H,11H2,1-4H3,(H,23,24,27);1H. The molecule has 0 fully saturated rings. The summed E-state index contributed by atoms with van der Waals surface area (Å²) < 4.78 is 0. The van der Waals surface area contributed by atoms with E-state index < -0.39 is 0 Å². The molecule has 1 atom stereocenters. The van der Waals surface area contributed by atoms with Crippen molar-refractivity contribution in [3.63, 3.8) is 0 Å². The second kappa shape index (κ2) is 9.43. The third-order valence-electron chi connectivity index (χ3n) is 4.72. The van der Waals surface area contributed by atoms with Gasteiger partial charge in [0.05, 0.1) is 29.7 Å². The first kappa shape index (κ1) is 22.9. The van der Waals surface area contributed by atoms with E-state index in [9.17, 15) is 9.59 Å². The van der Waals surface area contributed by atoms with Crippen LogP contribution in [0.3, 0.4) is 0 Å². The first-order valence-electron chi connectivity index (χ1n) is 9.16. The maximum Gasteiger partial charge on any atom is 0.329 e. The van der Waals surface area contributed by atoms with Crippen molar-refractivity contribution in [3.8, 4) is 0 Å². The molecule has 1 aliphatic rings. The number of likely N-dealkylation sites (N-methyl/N-ethyl adjacent to an activating group) is 1. The van der Waals surface area contributed by atoms with Crippen molar-refractivity contribution in [2.75, 3.05) is 17.3 Å². The molecule has 7 nitrogen and oxygen atoms in total. The fraction of sp³-hybridized carbons (Fsp3) is 0.350. The maximum absolute atomic E-state index is 13.1. The molecular formula is C20H25Cl2N5O2. The number of fused-ring (bicyclic) bond motifs is 1. The van der Waals surface area contributed by atoms with Gasteiger partial charge in [-0.15, -0.1) is 12.4 Å². The highest BCUT2D eigenvalue weighted by Crippen LogP contribution is 2.36. The summed E-state index contributed by atoms with van der Waals surface area (Å²) in [5.74, 6) is 0.282. The summed E-state index contributed by atoms with van der Waals surface area (Å²) in [4.78, 5) is 33.2. The fourth-order valence-electron chi connectivity index (χ4n) is 2.98. The van der Waals surface area contributed by atoms with E-state index in [1.165, 1.54) is 0 Å². The quantitative estimate of drug-likeness (QED) is 0.734. The Morgan fingerprint density at radius 1 is 1.21 bits per heavy atom. The molecule has 1 aliphatic heterocycles. The Labute approximate surface area is 181 Å². The number of benzene rings is 1. The molecule has 0 aliphatic carbocycles. The highest BCUT2D eigenvalue weighted by molar-refractivity contribution is 6.31. The minimum absolute atomic E-state index is 0. The summed E-state index contributed by atoms with van der Waals surface area (Å²) in [6.45, 7) is 6.06. The molecule has 0 spiro atoms. The van der Waals surface area contributed by atoms with Crippen LogP contribution in [0.5, 0.6) is 0 Å². The number of rotatable bonds is 5. The molecule has 0 saturated heterocycles. The third-order valence-corrected chi connectivity index (χ3v) is 4.95. The van der Waals surface area contributed by atoms with Crippen LogP contribution in [-0.4, -0.2) is 41.0 Å². The van der Waals surface area contributed by atoms with Gasteiger partial charge in [-0.25, -0.2) is 9.78 Å². The Hall–Kier alpha value is -2.35. The van der Waals surface area contributed by atoms with Crippen molar-refractivity contribution in [2.24, 2.45) is 0 Å². The van der Waals surface area contributed by atoms with E-state index in [-0.39, 0.29) is 36.4 Å². The Morgan fingerprint density at radius 3 is 2.55 bits per heavy atom. The lowest BCUT2D eigenvalue weighted by atomic mass is 10.1. The van der Waals surface area contributed by atoms with Gasteiger partial charge in [-0.2, -0.15) is 0 Å². The van der Waals surface area contributed by atoms with Crippen molar-refractivity contribution < 1.29 is 9.59 Å². The smallest absolute Gasteiger partial charge is 0.316 e. The third kappa shape index (κ3) is 4.80. The van der Waals surface area contributed by atoms with Crippen molar-refractivity contribution >= 4 is 53.1 Å². The number of hydrogen-bond acceptors (Lipinski definition) is 4. The summed E-state index contributed by atoms with van der Waals surface area (Å²) in [5.41, 5.74) is 2.07. The Balaban J connectivity index is 0.00000300. The number of halogens is 2. The molecule has 1 unspecified atom stereocenters. The first-order valence-corrected chi connectivity index (χ1v) is 9.54. The Morgan fingerprint density at radius 2 is 1.93 bits per heavy atom. The van der Waals surface area contributed by atoms with Gasteiger partial charge < -0.3 is 15.5 Å². The number of urea groups is 1. The van der Waals surface area contributed by atoms with Gasteiger partial charge in [0.2, 0.25) is 5.91 Å². The van der Waals surface area contributed by atoms with Crippen LogP contribution in [0.4, 0.5) is 22.0 Å². The van der Waals surface area contributed by atoms with E-state index in [1.54, 1.807) is 54.1 Å². The van der Waals surface area contributed by atoms with Gasteiger partial charge >= 0.3 is 6.03 Å². The van der Waals surface area contributed by atoms with E-state index in [0.29, 0.717) is 34.5 Å². The molecule has 3 amide bonds. The summed E-state index contributed by atoms with van der Waals surface area (Å²) in [6, 6.07) is 10.2. The summed E-state index contributed by atoms with van der Waals surface area (Å²) >= 11 is 6.14. The van der Waals surface area contributed by atoms with E-state index in [0.717, 1.165) is 0 Å². The van der Waals surface area contributed by atoms with Crippen LogP contribution in [0.2, 0.25) is 5.02 Å². The van der Waals surface area contributed by atoms with Crippen LogP contribution in [0.1, 0.15) is 26.5 Å². The lowest BCUT2D eigenvalue weighted by Gasteiger charge is -2.38. The molecule has 1 aromatic carbocycles. The SMILES string of the molecule is CNC(C)C(=O)Nc1ccc2c(n1)CN(C(C)C)C(=O)N2c1cccc(Cl)c1.Cl. The Bertz CT molecular complexity index is 906. The minimum atomic E-state index is -0.338. The molecule has 0 bridgehead atoms. The van der Waals surface area contributed by atoms with Crippen LogP contribution >= 0.6 is 24.0 Å². The van der Waals surface area contributed by atoms with Gasteiger partial charge in [0.1, 0.15) is 5.82 Å². The molecule has 2 heterocycles. The molecule has 1 aromatic heterocycles. The van der Waals surface area contributed by atoms with Crippen LogP contribution in [0.15, 0.2) is 36.4 Å². The second-order valence-electron chi connectivity index (χ2n) is 6.98. The van der Waals surface area contributed by atoms with Gasteiger partial charge in [-0.3, -0.25) is 9.69 Å². The largest absolute Gasteiger partial charge is 0.329 e. The van der Waals surface area contributed by atoms with Gasteiger partial charge in [-0.05, 0) is 58.2 Å². The molecule has 0 saturated carbocycles. The van der Waals surface area contributed by atoms with Crippen molar-refractivity contribution in [1.82, 2.24) is 15.2 Å². The molecule has 2 aromatic rings. The summed E-state index contributed by atoms with van der Waals surface area (Å²) in [6.07, 6.45) is 0. The van der Waals surface area contributed by atoms with Crippen LogP contribution < -0.4 is 15.5 Å². The number of aromatic nitrogens is 1. The van der Waals surface area contributed by atoms with Gasteiger partial charge in [0.15, 0.2) is 0 Å². The minimum Gasteiger partial charge on any atom is -0.316 e. The predicted molar refractivity (Wildman–Crippen MR) is 118 cm³/mol. The molecular weight excluding hydrogens is 413 g/mol. The van der Waals surface area contributed by atoms with E-state index >= 15 is 0 Å². The van der Waals surface area contributed by atoms with E-state index in [4.69, 9.17) is 11.6 Å². The zero-order valence-corrected chi connectivity index (χ0v) is 18.3. The average Bonchev–Trinajstić information content (AvgIpc) is 2.66. The van der Waals surface area contributed by atoms with Crippen LogP contribution in [-0.2, 0) is 11.3 Å². The topological polar surface area (TPSA) is 77.6 Å². The van der Waals surface area contributed by atoms with Gasteiger partial charge in [-0.1, -0.05) is 17.7 Å². The summed E-state index contributed by atoms with van der Waals surface area (Å²) in [5, 5.41) is 6.25. The lowest BCUT2D eigenvalue weighted by Crippen LogP contribution is -2.48. The fourth-order valence-corrected chi connectivity index (χ4v) is 3.16. The zero-order chi connectivity index (χ0) is 20.4. The number of carbonyl (C=O) groups excluding carboxylic acids is 2. The zero-order valence-electron chi connectivity index (χ0n) is 16.8. The molecule has 2 N–H and O–H groups in total. The number of anilines is 3. The van der Waals surface area contributed by atoms with Crippen molar-refractivity contribution in [1.29, 1.82) is 0 Å². The van der Waals surface area contributed by atoms with Crippen molar-refractivity contribution in [2.45, 2.75) is 39.4 Å². The van der Waals surface area contributed by atoms with E-state index in [1.807, 2.05) is 19.9 Å². The Kier molecular flexibility index (Phi) is 7.46. The molecule has 156 valence electrons. The monoisotopic (exact) mass is 437 g/mol. The lowest BCUT2D eigenvalue weighted by molar-refractivity contribution is -0.117. The van der Waals surface area contributed by atoms with Crippen LogP contribution in [0, 0.1) is 0 Å². The number of nitrogens with one attached hydrogen (secondary N) is 2. The molecule has 9 heteroatoms. The molecule has 3 rings (SSSR count). The highest BCUT2D eigenvalue weighted by atomic mass is 35.5. The summed E-state index contributed by atoms with van der Waals surface area (Å²) in [7, 11) is 1.72. The predicted octanol–water partition coefficient (Wildman–Crippen LogP) is 4.19. The van der Waals surface area contributed by atoms with Gasteiger partial charge in [0, 0.05) is 11.1 Å². The number of hydrogen-bond donors (Lipinski definition) is 2. The number of nitrogens with zero attached hydrogens (tertiary/aromatic N) is 3. The second-order valence-corrected chi connectivity index (χ2v) is 7.42. The van der Waals surface area contributed by atoms with Crippen molar-refractivity contribution in [3.05, 3.63) is 47.1 Å². The van der Waals surface area contributed by atoms with Gasteiger partial charge in [0.25, 0.3) is 0 Å². The van der Waals surface area contributed by atoms with Crippen LogP contribution in [0.25, 0.3) is 0 Å². The maximum atomic E-state index is 13.1. The molecule has 0 radical (unpaired) electrons. The highest BCUT2D eigenvalue weighted by Gasteiger charge is 2.34. The first-order chi connectivity index (χ1) is 13.3. The van der Waals surface area contributed by atoms with E-state index in [2.05, 4.69) is 15.6 Å². The normalized spacial score (nSPS) is 14.3. The number of carbonyl (C=O) groups is 2.